The molecule has 0 spiro atoms. The lowest BCUT2D eigenvalue weighted by atomic mass is 10.0. The molecular weight excluding hydrogens is 236 g/mol. The van der Waals surface area contributed by atoms with Crippen molar-refractivity contribution in [2.45, 2.75) is 52.7 Å². The molecule has 0 saturated heterocycles. The van der Waals surface area contributed by atoms with Crippen LogP contribution < -0.4 is 5.32 Å². The van der Waals surface area contributed by atoms with Crippen molar-refractivity contribution >= 4 is 0 Å². The second kappa shape index (κ2) is 7.06. The van der Waals surface area contributed by atoms with Crippen molar-refractivity contribution in [1.82, 2.24) is 19.8 Å². The van der Waals surface area contributed by atoms with E-state index in [0.29, 0.717) is 6.04 Å². The van der Waals surface area contributed by atoms with Crippen molar-refractivity contribution in [3.8, 4) is 0 Å². The number of nitrogens with zero attached hydrogens (tertiary/aromatic N) is 3. The number of nitrogens with one attached hydrogen (secondary N) is 1. The van der Waals surface area contributed by atoms with Crippen LogP contribution in [0, 0.1) is 5.92 Å². The predicted molar refractivity (Wildman–Crippen MR) is 79.0 cm³/mol. The van der Waals surface area contributed by atoms with E-state index >= 15 is 0 Å². The van der Waals surface area contributed by atoms with E-state index in [0.717, 1.165) is 38.6 Å². The summed E-state index contributed by atoms with van der Waals surface area (Å²) in [6.07, 6.45) is 6.58. The Balaban J connectivity index is 1.62. The summed E-state index contributed by atoms with van der Waals surface area (Å²) in [6, 6.07) is 0.633. The third-order valence-corrected chi connectivity index (χ3v) is 3.92. The molecule has 2 rings (SSSR count). The minimum atomic E-state index is 0.633. The third-order valence-electron chi connectivity index (χ3n) is 3.92. The summed E-state index contributed by atoms with van der Waals surface area (Å²) in [6.45, 7) is 12.3. The molecule has 19 heavy (non-hydrogen) atoms. The number of hydrogen-bond donors (Lipinski definition) is 1. The molecule has 1 N–H and O–H groups in total. The maximum atomic E-state index is 4.40. The number of rotatable bonds is 7. The monoisotopic (exact) mass is 264 g/mol. The molecule has 0 bridgehead atoms. The lowest BCUT2D eigenvalue weighted by Crippen LogP contribution is -2.40. The number of fused-ring (bicyclic) bond motifs is 1. The minimum Gasteiger partial charge on any atom is -0.333 e. The van der Waals surface area contributed by atoms with Gasteiger partial charge in [-0.25, -0.2) is 4.98 Å². The Morgan fingerprint density at radius 2 is 2.11 bits per heavy atom. The van der Waals surface area contributed by atoms with Crippen LogP contribution in [0.5, 0.6) is 0 Å². The molecule has 1 unspecified atom stereocenters. The molecule has 2 heterocycles. The SMILES string of the molecule is CC(C)CCC(C)NCCN1CCn2ccnc2C1. The van der Waals surface area contributed by atoms with Crippen LogP contribution in [0.15, 0.2) is 12.4 Å². The normalized spacial score (nSPS) is 17.7. The van der Waals surface area contributed by atoms with Crippen LogP contribution in [0.4, 0.5) is 0 Å². The molecule has 1 aliphatic rings. The van der Waals surface area contributed by atoms with Gasteiger partial charge in [0.15, 0.2) is 0 Å². The quantitative estimate of drug-likeness (QED) is 0.819. The van der Waals surface area contributed by atoms with E-state index < -0.39 is 0 Å². The smallest absolute Gasteiger partial charge is 0.122 e. The van der Waals surface area contributed by atoms with Crippen molar-refractivity contribution in [1.29, 1.82) is 0 Å². The van der Waals surface area contributed by atoms with Crippen LogP contribution in [-0.2, 0) is 13.1 Å². The van der Waals surface area contributed by atoms with E-state index in [9.17, 15) is 0 Å². The van der Waals surface area contributed by atoms with Crippen molar-refractivity contribution in [3.05, 3.63) is 18.2 Å². The highest BCUT2D eigenvalue weighted by atomic mass is 15.2. The van der Waals surface area contributed by atoms with E-state index in [-0.39, 0.29) is 0 Å². The van der Waals surface area contributed by atoms with Gasteiger partial charge in [0.05, 0.1) is 6.54 Å². The molecular formula is C15H28N4. The highest BCUT2D eigenvalue weighted by molar-refractivity contribution is 4.95. The Bertz CT molecular complexity index is 372. The first-order valence-electron chi connectivity index (χ1n) is 7.61. The topological polar surface area (TPSA) is 33.1 Å². The highest BCUT2D eigenvalue weighted by Crippen LogP contribution is 2.09. The van der Waals surface area contributed by atoms with Gasteiger partial charge in [0.25, 0.3) is 0 Å². The lowest BCUT2D eigenvalue weighted by Gasteiger charge is -2.28. The van der Waals surface area contributed by atoms with Crippen LogP contribution in [0.1, 0.15) is 39.4 Å². The van der Waals surface area contributed by atoms with Gasteiger partial charge in [-0.1, -0.05) is 13.8 Å². The zero-order valence-electron chi connectivity index (χ0n) is 12.6. The Morgan fingerprint density at radius 1 is 1.26 bits per heavy atom. The molecule has 0 radical (unpaired) electrons. The van der Waals surface area contributed by atoms with E-state index in [4.69, 9.17) is 0 Å². The van der Waals surface area contributed by atoms with E-state index in [1.54, 1.807) is 0 Å². The molecule has 1 aromatic rings. The minimum absolute atomic E-state index is 0.633. The standard InChI is InChI=1S/C15H28N4/c1-13(2)4-5-14(3)16-6-8-18-10-11-19-9-7-17-15(19)12-18/h7,9,13-14,16H,4-6,8,10-12H2,1-3H3. The van der Waals surface area contributed by atoms with Crippen molar-refractivity contribution < 1.29 is 0 Å². The summed E-state index contributed by atoms with van der Waals surface area (Å²) in [5.74, 6) is 2.02. The number of aromatic nitrogens is 2. The molecule has 1 aliphatic heterocycles. The Labute approximate surface area is 117 Å². The van der Waals surface area contributed by atoms with Crippen LogP contribution in [0.25, 0.3) is 0 Å². The van der Waals surface area contributed by atoms with Crippen molar-refractivity contribution in [2.24, 2.45) is 5.92 Å². The molecule has 0 fully saturated rings. The van der Waals surface area contributed by atoms with Gasteiger partial charge in [-0.15, -0.1) is 0 Å². The second-order valence-corrected chi connectivity index (χ2v) is 6.14. The van der Waals surface area contributed by atoms with Gasteiger partial charge in [0.1, 0.15) is 5.82 Å². The van der Waals surface area contributed by atoms with E-state index in [1.807, 2.05) is 6.20 Å². The van der Waals surface area contributed by atoms with Gasteiger partial charge in [0.2, 0.25) is 0 Å². The van der Waals surface area contributed by atoms with Crippen LogP contribution in [0.2, 0.25) is 0 Å². The fourth-order valence-electron chi connectivity index (χ4n) is 2.57. The van der Waals surface area contributed by atoms with Crippen LogP contribution >= 0.6 is 0 Å². The van der Waals surface area contributed by atoms with Gasteiger partial charge in [-0.2, -0.15) is 0 Å². The molecule has 4 heteroatoms. The molecule has 4 nitrogen and oxygen atoms in total. The third kappa shape index (κ3) is 4.62. The lowest BCUT2D eigenvalue weighted by molar-refractivity contribution is 0.214. The van der Waals surface area contributed by atoms with Crippen LogP contribution in [-0.4, -0.2) is 40.1 Å². The summed E-state index contributed by atoms with van der Waals surface area (Å²) in [5, 5.41) is 3.63. The summed E-state index contributed by atoms with van der Waals surface area (Å²) in [4.78, 5) is 6.89. The molecule has 0 amide bonds. The highest BCUT2D eigenvalue weighted by Gasteiger charge is 2.15. The fourth-order valence-corrected chi connectivity index (χ4v) is 2.57. The molecule has 0 saturated carbocycles. The Morgan fingerprint density at radius 3 is 2.89 bits per heavy atom. The summed E-state index contributed by atoms with van der Waals surface area (Å²) < 4.78 is 2.26. The predicted octanol–water partition coefficient (Wildman–Crippen LogP) is 2.11. The maximum Gasteiger partial charge on any atom is 0.122 e. The Hall–Kier alpha value is -0.870. The zero-order chi connectivity index (χ0) is 13.7. The number of hydrogen-bond acceptors (Lipinski definition) is 3. The summed E-state index contributed by atoms with van der Waals surface area (Å²) >= 11 is 0. The van der Waals surface area contributed by atoms with Crippen molar-refractivity contribution in [2.75, 3.05) is 19.6 Å². The summed E-state index contributed by atoms with van der Waals surface area (Å²) in [5.41, 5.74) is 0. The van der Waals surface area contributed by atoms with Gasteiger partial charge in [0, 0.05) is 44.6 Å². The largest absolute Gasteiger partial charge is 0.333 e. The molecule has 108 valence electrons. The van der Waals surface area contributed by atoms with E-state index in [1.165, 1.54) is 18.7 Å². The average Bonchev–Trinajstić information content (AvgIpc) is 2.83. The first-order valence-corrected chi connectivity index (χ1v) is 7.61. The fraction of sp³-hybridized carbons (Fsp3) is 0.800. The molecule has 1 aromatic heterocycles. The number of imidazole rings is 1. The maximum absolute atomic E-state index is 4.40. The molecule has 0 aromatic carbocycles. The van der Waals surface area contributed by atoms with Gasteiger partial charge in [-0.05, 0) is 25.7 Å². The summed E-state index contributed by atoms with van der Waals surface area (Å²) in [7, 11) is 0. The van der Waals surface area contributed by atoms with E-state index in [2.05, 4.69) is 46.7 Å². The zero-order valence-corrected chi connectivity index (χ0v) is 12.6. The molecule has 1 atom stereocenters. The first kappa shape index (κ1) is 14.5. The Kier molecular flexibility index (Phi) is 5.40. The average molecular weight is 264 g/mol. The van der Waals surface area contributed by atoms with Crippen LogP contribution in [0.3, 0.4) is 0 Å². The first-order chi connectivity index (χ1) is 9.15. The molecule has 0 aliphatic carbocycles. The van der Waals surface area contributed by atoms with Gasteiger partial charge < -0.3 is 9.88 Å². The van der Waals surface area contributed by atoms with Crippen molar-refractivity contribution in [3.63, 3.8) is 0 Å². The second-order valence-electron chi connectivity index (χ2n) is 6.14. The van der Waals surface area contributed by atoms with Gasteiger partial charge in [-0.3, -0.25) is 4.90 Å². The van der Waals surface area contributed by atoms with Gasteiger partial charge >= 0.3 is 0 Å².